The van der Waals surface area contributed by atoms with Crippen molar-refractivity contribution in [2.45, 2.75) is 19.4 Å². The molecule has 0 heterocycles. The zero-order valence-electron chi connectivity index (χ0n) is 9.16. The first-order valence-corrected chi connectivity index (χ1v) is 6.41. The first kappa shape index (κ1) is 13.8. The van der Waals surface area contributed by atoms with Crippen molar-refractivity contribution in [1.29, 1.82) is 0 Å². The highest BCUT2D eigenvalue weighted by Crippen LogP contribution is 1.91. The fourth-order valence-electron chi connectivity index (χ4n) is 1.00. The molecule has 0 aromatic carbocycles. The van der Waals surface area contributed by atoms with E-state index in [1.165, 1.54) is 0 Å². The van der Waals surface area contributed by atoms with E-state index < -0.39 is 10.0 Å². The lowest BCUT2D eigenvalue weighted by molar-refractivity contribution is 0.368. The number of rotatable bonds is 7. The number of sulfonamides is 1. The Balaban J connectivity index is 3.50. The van der Waals surface area contributed by atoms with Crippen molar-refractivity contribution in [3.8, 4) is 0 Å². The van der Waals surface area contributed by atoms with Gasteiger partial charge >= 0.3 is 0 Å². The third kappa shape index (κ3) is 9.91. The summed E-state index contributed by atoms with van der Waals surface area (Å²) in [6, 6.07) is 0.319. The maximum Gasteiger partial charge on any atom is 0.210 e. The monoisotopic (exact) mass is 223 g/mol. The van der Waals surface area contributed by atoms with Gasteiger partial charge in [0, 0.05) is 12.6 Å². The Labute approximate surface area is 86.7 Å². The van der Waals surface area contributed by atoms with Crippen LogP contribution in [0, 0.1) is 0 Å². The van der Waals surface area contributed by atoms with Gasteiger partial charge in [-0.25, -0.2) is 13.6 Å². The van der Waals surface area contributed by atoms with Gasteiger partial charge in [0.25, 0.3) is 0 Å². The Morgan fingerprint density at radius 3 is 2.43 bits per heavy atom. The molecule has 3 N–H and O–H groups in total. The fraction of sp³-hybridized carbons (Fsp3) is 1.00. The number of hydrogen-bond donors (Lipinski definition) is 2. The second kappa shape index (κ2) is 6.34. The normalized spacial score (nSPS) is 14.6. The smallest absolute Gasteiger partial charge is 0.210 e. The molecular formula is C8H21N3O2S. The molecule has 14 heavy (non-hydrogen) atoms. The third-order valence-corrected chi connectivity index (χ3v) is 2.66. The highest BCUT2D eigenvalue weighted by atomic mass is 32.2. The van der Waals surface area contributed by atoms with Crippen molar-refractivity contribution in [3.63, 3.8) is 0 Å². The zero-order valence-corrected chi connectivity index (χ0v) is 9.97. The summed E-state index contributed by atoms with van der Waals surface area (Å²) in [4.78, 5) is 2.10. The first-order chi connectivity index (χ1) is 6.31. The van der Waals surface area contributed by atoms with Gasteiger partial charge in [0.15, 0.2) is 0 Å². The number of nitrogens with two attached hydrogens (primary N) is 1. The van der Waals surface area contributed by atoms with Crippen LogP contribution in [0.2, 0.25) is 0 Å². The van der Waals surface area contributed by atoms with E-state index in [0.29, 0.717) is 12.6 Å². The van der Waals surface area contributed by atoms with E-state index in [-0.39, 0.29) is 5.75 Å². The summed E-state index contributed by atoms with van der Waals surface area (Å²) in [6.07, 6.45) is 0.998. The van der Waals surface area contributed by atoms with E-state index in [2.05, 4.69) is 10.2 Å². The highest BCUT2D eigenvalue weighted by Gasteiger charge is 2.05. The maximum atomic E-state index is 10.6. The minimum Gasteiger partial charge on any atom is -0.313 e. The summed E-state index contributed by atoms with van der Waals surface area (Å²) in [5.41, 5.74) is 0. The summed E-state index contributed by atoms with van der Waals surface area (Å²) in [6.45, 7) is 3.45. The Bertz CT molecular complexity index is 239. The minimum absolute atomic E-state index is 0.000690. The van der Waals surface area contributed by atoms with E-state index >= 15 is 0 Å². The summed E-state index contributed by atoms with van der Waals surface area (Å²) in [7, 11) is 0.698. The Kier molecular flexibility index (Phi) is 6.26. The van der Waals surface area contributed by atoms with Gasteiger partial charge in [-0.1, -0.05) is 0 Å². The maximum absolute atomic E-state index is 10.6. The van der Waals surface area contributed by atoms with Gasteiger partial charge in [-0.05, 0) is 34.0 Å². The van der Waals surface area contributed by atoms with Crippen molar-refractivity contribution in [2.24, 2.45) is 5.14 Å². The fourth-order valence-corrected chi connectivity index (χ4v) is 1.40. The largest absolute Gasteiger partial charge is 0.313 e. The third-order valence-electron chi connectivity index (χ3n) is 1.89. The minimum atomic E-state index is -3.32. The topological polar surface area (TPSA) is 75.4 Å². The first-order valence-electron chi connectivity index (χ1n) is 4.70. The molecule has 0 aliphatic heterocycles. The molecule has 0 aromatic heterocycles. The van der Waals surface area contributed by atoms with Crippen molar-refractivity contribution in [1.82, 2.24) is 10.2 Å². The summed E-state index contributed by atoms with van der Waals surface area (Å²) in [5, 5.41) is 7.98. The lowest BCUT2D eigenvalue weighted by atomic mass is 10.2. The molecule has 6 heteroatoms. The van der Waals surface area contributed by atoms with Crippen LogP contribution in [0.3, 0.4) is 0 Å². The zero-order chi connectivity index (χ0) is 11.2. The molecule has 0 aliphatic rings. The van der Waals surface area contributed by atoms with E-state index in [4.69, 9.17) is 5.14 Å². The lowest BCUT2D eigenvalue weighted by Gasteiger charge is -2.16. The Morgan fingerprint density at radius 2 is 2.00 bits per heavy atom. The van der Waals surface area contributed by atoms with E-state index in [0.717, 1.165) is 13.0 Å². The standard InChI is InChI=1S/C8H21N3O2S/c1-8(4-6-11(2)3)10-5-7-14(9,12)13/h8,10H,4-7H2,1-3H3,(H2,9,12,13). The molecule has 0 saturated carbocycles. The molecule has 0 spiro atoms. The molecule has 0 aliphatic carbocycles. The second-order valence-corrected chi connectivity index (χ2v) is 5.55. The number of primary sulfonamides is 1. The van der Waals surface area contributed by atoms with Crippen LogP contribution in [0.1, 0.15) is 13.3 Å². The summed E-state index contributed by atoms with van der Waals surface area (Å²) in [5.74, 6) is -0.000690. The van der Waals surface area contributed by atoms with Gasteiger partial charge in [0.1, 0.15) is 0 Å². The summed E-state index contributed by atoms with van der Waals surface area (Å²) < 4.78 is 21.2. The van der Waals surface area contributed by atoms with Crippen molar-refractivity contribution >= 4 is 10.0 Å². The van der Waals surface area contributed by atoms with E-state index in [9.17, 15) is 8.42 Å². The van der Waals surface area contributed by atoms with Gasteiger partial charge in [-0.15, -0.1) is 0 Å². The number of nitrogens with one attached hydrogen (secondary N) is 1. The van der Waals surface area contributed by atoms with Crippen LogP contribution in [0.15, 0.2) is 0 Å². The molecule has 0 aromatic rings. The van der Waals surface area contributed by atoms with Gasteiger partial charge in [-0.2, -0.15) is 0 Å². The lowest BCUT2D eigenvalue weighted by Crippen LogP contribution is -2.34. The molecule has 0 fully saturated rings. The quantitative estimate of drug-likeness (QED) is 0.593. The van der Waals surface area contributed by atoms with Crippen LogP contribution >= 0.6 is 0 Å². The predicted octanol–water partition coefficient (Wildman–Crippen LogP) is -0.795. The van der Waals surface area contributed by atoms with Crippen LogP contribution in [-0.2, 0) is 10.0 Å². The summed E-state index contributed by atoms with van der Waals surface area (Å²) >= 11 is 0. The molecule has 0 radical (unpaired) electrons. The Hall–Kier alpha value is -0.170. The van der Waals surface area contributed by atoms with Gasteiger partial charge in [0.05, 0.1) is 5.75 Å². The van der Waals surface area contributed by atoms with Gasteiger partial charge < -0.3 is 10.2 Å². The molecule has 86 valence electrons. The van der Waals surface area contributed by atoms with Crippen LogP contribution in [-0.4, -0.2) is 52.3 Å². The SMILES string of the molecule is CC(CCN(C)C)NCCS(N)(=O)=O. The molecule has 0 bridgehead atoms. The second-order valence-electron chi connectivity index (χ2n) is 3.81. The van der Waals surface area contributed by atoms with Crippen molar-refractivity contribution in [2.75, 3.05) is 32.9 Å². The van der Waals surface area contributed by atoms with Gasteiger partial charge in [-0.3, -0.25) is 0 Å². The molecule has 1 unspecified atom stereocenters. The molecule has 5 nitrogen and oxygen atoms in total. The predicted molar refractivity (Wildman–Crippen MR) is 58.6 cm³/mol. The Morgan fingerprint density at radius 1 is 1.43 bits per heavy atom. The van der Waals surface area contributed by atoms with Crippen LogP contribution in [0.4, 0.5) is 0 Å². The van der Waals surface area contributed by atoms with Crippen LogP contribution < -0.4 is 10.5 Å². The molecule has 0 amide bonds. The average molecular weight is 223 g/mol. The number of hydrogen-bond acceptors (Lipinski definition) is 4. The molecule has 0 saturated heterocycles. The van der Waals surface area contributed by atoms with Crippen LogP contribution in [0.25, 0.3) is 0 Å². The average Bonchev–Trinajstić information content (AvgIpc) is 1.98. The van der Waals surface area contributed by atoms with Crippen LogP contribution in [0.5, 0.6) is 0 Å². The molecular weight excluding hydrogens is 202 g/mol. The van der Waals surface area contributed by atoms with Crippen molar-refractivity contribution < 1.29 is 8.42 Å². The number of nitrogens with zero attached hydrogens (tertiary/aromatic N) is 1. The van der Waals surface area contributed by atoms with Gasteiger partial charge in [0.2, 0.25) is 10.0 Å². The van der Waals surface area contributed by atoms with E-state index in [1.54, 1.807) is 0 Å². The van der Waals surface area contributed by atoms with Crippen molar-refractivity contribution in [3.05, 3.63) is 0 Å². The highest BCUT2D eigenvalue weighted by molar-refractivity contribution is 7.89. The molecule has 1 atom stereocenters. The van der Waals surface area contributed by atoms with E-state index in [1.807, 2.05) is 21.0 Å². The molecule has 0 rings (SSSR count).